The first-order valence-electron chi connectivity index (χ1n) is 4.30. The number of amides is 1. The third-order valence-electron chi connectivity index (χ3n) is 1.92. The van der Waals surface area contributed by atoms with Gasteiger partial charge in [0.15, 0.2) is 6.29 Å². The number of hydrogen-bond acceptors (Lipinski definition) is 4. The summed E-state index contributed by atoms with van der Waals surface area (Å²) in [6.45, 7) is 1.65. The molecule has 0 unspecified atom stereocenters. The number of morpholine rings is 1. The van der Waals surface area contributed by atoms with Crippen LogP contribution in [0.15, 0.2) is 0 Å². The van der Waals surface area contributed by atoms with Crippen molar-refractivity contribution in [2.75, 3.05) is 33.4 Å². The first kappa shape index (κ1) is 10.4. The monoisotopic (exact) mass is 189 g/mol. The second-order valence-electron chi connectivity index (χ2n) is 2.91. The van der Waals surface area contributed by atoms with Crippen LogP contribution in [-0.4, -0.2) is 55.6 Å². The van der Waals surface area contributed by atoms with Crippen molar-refractivity contribution in [3.8, 4) is 0 Å². The van der Waals surface area contributed by atoms with Gasteiger partial charge in [0, 0.05) is 13.7 Å². The fraction of sp³-hybridized carbons (Fsp3) is 0.875. The number of aliphatic hydroxyl groups is 1. The zero-order chi connectivity index (χ0) is 9.68. The highest BCUT2D eigenvalue weighted by Gasteiger charge is 2.21. The van der Waals surface area contributed by atoms with Crippen molar-refractivity contribution in [3.05, 3.63) is 0 Å². The topological polar surface area (TPSA) is 59.0 Å². The number of carbonyl (C=O) groups is 1. The standard InChI is InChI=1S/C8H15NO4/c1-12-4-2-7(10)9-3-5-13-8(11)6-9/h8,11H,2-6H2,1H3/t8-/m1/s1. The normalized spacial score (nSPS) is 23.2. The van der Waals surface area contributed by atoms with Gasteiger partial charge >= 0.3 is 0 Å². The van der Waals surface area contributed by atoms with E-state index in [0.717, 1.165) is 0 Å². The number of ether oxygens (including phenoxy) is 2. The quantitative estimate of drug-likeness (QED) is 0.631. The first-order chi connectivity index (χ1) is 6.24. The summed E-state index contributed by atoms with van der Waals surface area (Å²) in [6, 6.07) is 0. The summed E-state index contributed by atoms with van der Waals surface area (Å²) in [4.78, 5) is 13.0. The summed E-state index contributed by atoms with van der Waals surface area (Å²) in [7, 11) is 1.56. The SMILES string of the molecule is COCCC(=O)N1CCO[C@@H](O)C1. The summed E-state index contributed by atoms with van der Waals surface area (Å²) < 4.78 is 9.68. The van der Waals surface area contributed by atoms with Crippen molar-refractivity contribution < 1.29 is 19.4 Å². The molecule has 1 aliphatic rings. The van der Waals surface area contributed by atoms with Gasteiger partial charge in [0.2, 0.25) is 5.91 Å². The van der Waals surface area contributed by atoms with Gasteiger partial charge in [0.05, 0.1) is 26.2 Å². The van der Waals surface area contributed by atoms with Crippen molar-refractivity contribution in [2.24, 2.45) is 0 Å². The largest absolute Gasteiger partial charge is 0.384 e. The zero-order valence-electron chi connectivity index (χ0n) is 7.73. The molecule has 0 aromatic heterocycles. The molecule has 0 aliphatic carbocycles. The van der Waals surface area contributed by atoms with Gasteiger partial charge in [-0.25, -0.2) is 0 Å². The Labute approximate surface area is 77.2 Å². The number of methoxy groups -OCH3 is 1. The summed E-state index contributed by atoms with van der Waals surface area (Å²) in [5.41, 5.74) is 0. The minimum absolute atomic E-state index is 0.00389. The molecule has 1 atom stereocenters. The Morgan fingerprint density at radius 2 is 2.54 bits per heavy atom. The number of aliphatic hydroxyl groups excluding tert-OH is 1. The van der Waals surface area contributed by atoms with Gasteiger partial charge in [-0.15, -0.1) is 0 Å². The van der Waals surface area contributed by atoms with Crippen LogP contribution in [0.5, 0.6) is 0 Å². The van der Waals surface area contributed by atoms with Gasteiger partial charge in [-0.3, -0.25) is 4.79 Å². The van der Waals surface area contributed by atoms with Crippen molar-refractivity contribution in [1.29, 1.82) is 0 Å². The van der Waals surface area contributed by atoms with E-state index in [1.165, 1.54) is 0 Å². The van der Waals surface area contributed by atoms with Gasteiger partial charge < -0.3 is 19.5 Å². The highest BCUT2D eigenvalue weighted by atomic mass is 16.6. The second-order valence-corrected chi connectivity index (χ2v) is 2.91. The minimum Gasteiger partial charge on any atom is -0.384 e. The number of carbonyl (C=O) groups excluding carboxylic acids is 1. The third-order valence-corrected chi connectivity index (χ3v) is 1.92. The summed E-state index contributed by atoms with van der Waals surface area (Å²) in [5.74, 6) is 0.00389. The Hall–Kier alpha value is -0.650. The van der Waals surface area contributed by atoms with E-state index < -0.39 is 6.29 Å². The van der Waals surface area contributed by atoms with Crippen LogP contribution in [0.1, 0.15) is 6.42 Å². The summed E-state index contributed by atoms with van der Waals surface area (Å²) in [5, 5.41) is 9.11. The molecular weight excluding hydrogens is 174 g/mol. The zero-order valence-corrected chi connectivity index (χ0v) is 7.73. The molecule has 0 bridgehead atoms. The third kappa shape index (κ3) is 3.30. The summed E-state index contributed by atoms with van der Waals surface area (Å²) >= 11 is 0. The molecule has 0 spiro atoms. The van der Waals surface area contributed by atoms with Crippen LogP contribution in [0.3, 0.4) is 0 Å². The Bertz CT molecular complexity index is 174. The van der Waals surface area contributed by atoms with Gasteiger partial charge in [-0.1, -0.05) is 0 Å². The molecule has 5 nitrogen and oxygen atoms in total. The maximum Gasteiger partial charge on any atom is 0.225 e. The average Bonchev–Trinajstić information content (AvgIpc) is 2.14. The fourth-order valence-corrected chi connectivity index (χ4v) is 1.21. The molecule has 0 aromatic carbocycles. The molecule has 5 heteroatoms. The van der Waals surface area contributed by atoms with Crippen molar-refractivity contribution in [1.82, 2.24) is 4.90 Å². The van der Waals surface area contributed by atoms with Crippen molar-refractivity contribution >= 4 is 5.91 Å². The second kappa shape index (κ2) is 5.16. The molecule has 13 heavy (non-hydrogen) atoms. The lowest BCUT2D eigenvalue weighted by atomic mass is 10.3. The predicted octanol–water partition coefficient (Wildman–Crippen LogP) is -0.800. The van der Waals surface area contributed by atoms with E-state index in [-0.39, 0.29) is 12.5 Å². The lowest BCUT2D eigenvalue weighted by molar-refractivity contribution is -0.164. The molecule has 1 fully saturated rings. The van der Waals surface area contributed by atoms with E-state index in [0.29, 0.717) is 26.2 Å². The average molecular weight is 189 g/mol. The Morgan fingerprint density at radius 3 is 3.15 bits per heavy atom. The van der Waals surface area contributed by atoms with Crippen LogP contribution < -0.4 is 0 Å². The maximum absolute atomic E-state index is 11.4. The molecule has 1 N–H and O–H groups in total. The van der Waals surface area contributed by atoms with Gasteiger partial charge in [-0.2, -0.15) is 0 Å². The van der Waals surface area contributed by atoms with Crippen LogP contribution in [0.25, 0.3) is 0 Å². The van der Waals surface area contributed by atoms with Crippen molar-refractivity contribution in [2.45, 2.75) is 12.7 Å². The Balaban J connectivity index is 2.28. The van der Waals surface area contributed by atoms with Gasteiger partial charge in [0.25, 0.3) is 0 Å². The highest BCUT2D eigenvalue weighted by molar-refractivity contribution is 5.76. The van der Waals surface area contributed by atoms with E-state index in [4.69, 9.17) is 14.6 Å². The van der Waals surface area contributed by atoms with E-state index in [1.54, 1.807) is 12.0 Å². The summed E-state index contributed by atoms with van der Waals surface area (Å²) in [6.07, 6.45) is -0.469. The van der Waals surface area contributed by atoms with Crippen LogP contribution >= 0.6 is 0 Å². The Kier molecular flexibility index (Phi) is 4.14. The molecule has 0 saturated carbocycles. The molecule has 0 radical (unpaired) electrons. The molecule has 1 heterocycles. The molecule has 76 valence electrons. The maximum atomic E-state index is 11.4. The van der Waals surface area contributed by atoms with Gasteiger partial charge in [-0.05, 0) is 0 Å². The van der Waals surface area contributed by atoms with E-state index >= 15 is 0 Å². The molecule has 0 aromatic rings. The van der Waals surface area contributed by atoms with Crippen LogP contribution in [0.2, 0.25) is 0 Å². The van der Waals surface area contributed by atoms with Gasteiger partial charge in [0.1, 0.15) is 0 Å². The smallest absolute Gasteiger partial charge is 0.225 e. The fourth-order valence-electron chi connectivity index (χ4n) is 1.21. The minimum atomic E-state index is -0.833. The lowest BCUT2D eigenvalue weighted by Gasteiger charge is -2.30. The first-order valence-corrected chi connectivity index (χ1v) is 4.30. The lowest BCUT2D eigenvalue weighted by Crippen LogP contribution is -2.45. The van der Waals surface area contributed by atoms with E-state index in [9.17, 15) is 4.79 Å². The number of β-amino-alcohol motifs (C(OH)–C–C–N with tert-alkyl or cyclic N) is 1. The predicted molar refractivity (Wildman–Crippen MR) is 45.0 cm³/mol. The molecule has 1 amide bonds. The number of hydrogen-bond donors (Lipinski definition) is 1. The van der Waals surface area contributed by atoms with Crippen LogP contribution in [-0.2, 0) is 14.3 Å². The molecule has 1 saturated heterocycles. The van der Waals surface area contributed by atoms with E-state index in [1.807, 2.05) is 0 Å². The van der Waals surface area contributed by atoms with Crippen LogP contribution in [0.4, 0.5) is 0 Å². The molecular formula is C8H15NO4. The highest BCUT2D eigenvalue weighted by Crippen LogP contribution is 2.04. The van der Waals surface area contributed by atoms with Crippen LogP contribution in [0, 0.1) is 0 Å². The molecule has 1 rings (SSSR count). The Morgan fingerprint density at radius 1 is 1.77 bits per heavy atom. The molecule has 1 aliphatic heterocycles. The number of rotatable bonds is 3. The van der Waals surface area contributed by atoms with E-state index in [2.05, 4.69) is 0 Å². The van der Waals surface area contributed by atoms with Crippen molar-refractivity contribution in [3.63, 3.8) is 0 Å². The number of nitrogens with zero attached hydrogens (tertiary/aromatic N) is 1.